The number of ether oxygens (including phenoxy) is 1. The van der Waals surface area contributed by atoms with Crippen LogP contribution in [0.3, 0.4) is 0 Å². The Morgan fingerprint density at radius 2 is 1.47 bits per heavy atom. The molecular formula is C28H25Cl2NO3. The summed E-state index contributed by atoms with van der Waals surface area (Å²) in [7, 11) is 0. The molecule has 4 nitrogen and oxygen atoms in total. The summed E-state index contributed by atoms with van der Waals surface area (Å²) in [5, 5.41) is 12.2. The molecule has 1 aromatic heterocycles. The summed E-state index contributed by atoms with van der Waals surface area (Å²) in [5.41, 5.74) is 4.88. The fraction of sp³-hybridized carbons (Fsp3) is 0.214. The maximum Gasteiger partial charge on any atom is 0.337 e. The number of rotatable bonds is 5. The van der Waals surface area contributed by atoms with Crippen molar-refractivity contribution in [3.05, 3.63) is 87.9 Å². The predicted octanol–water partition coefficient (Wildman–Crippen LogP) is 8.12. The molecule has 0 amide bonds. The molecule has 0 aliphatic heterocycles. The summed E-state index contributed by atoms with van der Waals surface area (Å²) in [5.74, 6) is -1.04. The van der Waals surface area contributed by atoms with Crippen LogP contribution in [0.25, 0.3) is 33.3 Å². The first kappa shape index (κ1) is 24.2. The Balaban J connectivity index is 2.01. The molecule has 1 heterocycles. The number of halogens is 2. The van der Waals surface area contributed by atoms with Gasteiger partial charge in [0.25, 0.3) is 0 Å². The van der Waals surface area contributed by atoms with Crippen molar-refractivity contribution in [2.24, 2.45) is 0 Å². The molecule has 4 aromatic rings. The number of hydrogen-bond donors (Lipinski definition) is 1. The number of pyridine rings is 1. The molecule has 0 aliphatic carbocycles. The van der Waals surface area contributed by atoms with Crippen LogP contribution in [-0.4, -0.2) is 21.7 Å². The van der Waals surface area contributed by atoms with Gasteiger partial charge in [-0.05, 0) is 80.8 Å². The van der Waals surface area contributed by atoms with E-state index in [4.69, 9.17) is 32.9 Å². The highest BCUT2D eigenvalue weighted by Crippen LogP contribution is 2.41. The van der Waals surface area contributed by atoms with Crippen LogP contribution >= 0.6 is 23.2 Å². The molecule has 3 aromatic carbocycles. The lowest BCUT2D eigenvalue weighted by atomic mass is 9.88. The zero-order valence-electron chi connectivity index (χ0n) is 19.4. The molecule has 0 spiro atoms. The van der Waals surface area contributed by atoms with Gasteiger partial charge in [0.2, 0.25) is 0 Å². The number of carbonyl (C=O) groups is 1. The Labute approximate surface area is 209 Å². The Bertz CT molecular complexity index is 1360. The molecular weight excluding hydrogens is 469 g/mol. The Morgan fingerprint density at radius 3 is 2.00 bits per heavy atom. The number of fused-ring (bicyclic) bond motifs is 1. The summed E-state index contributed by atoms with van der Waals surface area (Å²) in [6, 6.07) is 20.7. The van der Waals surface area contributed by atoms with Gasteiger partial charge < -0.3 is 9.84 Å². The maximum absolute atomic E-state index is 12.4. The summed E-state index contributed by atoms with van der Waals surface area (Å²) in [6.45, 7) is 7.44. The number of aromatic nitrogens is 1. The van der Waals surface area contributed by atoms with Gasteiger partial charge in [0.1, 0.15) is 0 Å². The average molecular weight is 494 g/mol. The third-order valence-corrected chi connectivity index (χ3v) is 5.98. The first-order valence-electron chi connectivity index (χ1n) is 10.9. The first-order chi connectivity index (χ1) is 16.0. The largest absolute Gasteiger partial charge is 0.479 e. The molecule has 4 rings (SSSR count). The van der Waals surface area contributed by atoms with Gasteiger partial charge in [-0.1, -0.05) is 53.5 Å². The molecule has 0 saturated carbocycles. The van der Waals surface area contributed by atoms with Crippen molar-refractivity contribution in [1.29, 1.82) is 0 Å². The van der Waals surface area contributed by atoms with Crippen LogP contribution in [0, 0.1) is 6.92 Å². The van der Waals surface area contributed by atoms with Gasteiger partial charge in [-0.15, -0.1) is 0 Å². The van der Waals surface area contributed by atoms with E-state index in [-0.39, 0.29) is 0 Å². The fourth-order valence-corrected chi connectivity index (χ4v) is 4.31. The van der Waals surface area contributed by atoms with Crippen molar-refractivity contribution in [3.63, 3.8) is 0 Å². The van der Waals surface area contributed by atoms with Crippen molar-refractivity contribution in [1.82, 2.24) is 4.98 Å². The smallest absolute Gasteiger partial charge is 0.337 e. The van der Waals surface area contributed by atoms with E-state index >= 15 is 0 Å². The van der Waals surface area contributed by atoms with E-state index in [1.165, 1.54) is 0 Å². The van der Waals surface area contributed by atoms with E-state index < -0.39 is 17.7 Å². The summed E-state index contributed by atoms with van der Waals surface area (Å²) >= 11 is 12.2. The molecule has 174 valence electrons. The molecule has 1 N–H and O–H groups in total. The van der Waals surface area contributed by atoms with Crippen LogP contribution in [0.1, 0.15) is 38.0 Å². The lowest BCUT2D eigenvalue weighted by Crippen LogP contribution is -2.28. The number of nitrogens with zero attached hydrogens (tertiary/aromatic N) is 1. The second kappa shape index (κ2) is 9.38. The van der Waals surface area contributed by atoms with Crippen molar-refractivity contribution < 1.29 is 14.6 Å². The van der Waals surface area contributed by atoms with Gasteiger partial charge in [-0.25, -0.2) is 9.78 Å². The van der Waals surface area contributed by atoms with Crippen LogP contribution in [0.5, 0.6) is 0 Å². The van der Waals surface area contributed by atoms with E-state index in [9.17, 15) is 9.90 Å². The minimum atomic E-state index is -1.15. The molecule has 34 heavy (non-hydrogen) atoms. The van der Waals surface area contributed by atoms with Gasteiger partial charge in [-0.3, -0.25) is 0 Å². The standard InChI is InChI=1S/C28H25Cl2NO3/c1-16-15-23-21(13-14-22(31-23)17-5-9-19(29)10-6-17)25(18-7-11-20(30)12-8-18)24(16)26(27(32)33)34-28(2,3)4/h5-15,26H,1-4H3,(H,32,33). The highest BCUT2D eigenvalue weighted by Gasteiger charge is 2.31. The van der Waals surface area contributed by atoms with Gasteiger partial charge in [0, 0.05) is 26.6 Å². The highest BCUT2D eigenvalue weighted by molar-refractivity contribution is 6.31. The molecule has 0 aliphatic rings. The number of benzene rings is 3. The average Bonchev–Trinajstić information content (AvgIpc) is 2.77. The van der Waals surface area contributed by atoms with Crippen LogP contribution in [0.4, 0.5) is 0 Å². The molecule has 1 unspecified atom stereocenters. The predicted molar refractivity (Wildman–Crippen MR) is 139 cm³/mol. The van der Waals surface area contributed by atoms with E-state index in [1.54, 1.807) is 12.1 Å². The number of carboxylic acids is 1. The van der Waals surface area contributed by atoms with Crippen LogP contribution < -0.4 is 0 Å². The second-order valence-electron chi connectivity index (χ2n) is 9.21. The van der Waals surface area contributed by atoms with Gasteiger partial charge in [0.05, 0.1) is 16.8 Å². The normalized spacial score (nSPS) is 12.6. The van der Waals surface area contributed by atoms with E-state index in [0.29, 0.717) is 15.6 Å². The Kier molecular flexibility index (Phi) is 6.68. The topological polar surface area (TPSA) is 59.4 Å². The SMILES string of the molecule is Cc1cc2nc(-c3ccc(Cl)cc3)ccc2c(-c2ccc(Cl)cc2)c1C(OC(C)(C)C)C(=O)O. The maximum atomic E-state index is 12.4. The summed E-state index contributed by atoms with van der Waals surface area (Å²) in [4.78, 5) is 17.3. The van der Waals surface area contributed by atoms with Crippen molar-refractivity contribution in [2.75, 3.05) is 0 Å². The zero-order valence-corrected chi connectivity index (χ0v) is 20.9. The van der Waals surface area contributed by atoms with Crippen LogP contribution in [0.15, 0.2) is 66.7 Å². The second-order valence-corrected chi connectivity index (χ2v) is 10.1. The quantitative estimate of drug-likeness (QED) is 0.304. The number of aliphatic carboxylic acids is 1. The minimum absolute atomic E-state index is 0.603. The van der Waals surface area contributed by atoms with Gasteiger partial charge >= 0.3 is 5.97 Å². The monoisotopic (exact) mass is 493 g/mol. The Morgan fingerprint density at radius 1 is 0.912 bits per heavy atom. The van der Waals surface area contributed by atoms with Crippen LogP contribution in [-0.2, 0) is 9.53 Å². The number of hydrogen-bond acceptors (Lipinski definition) is 3. The van der Waals surface area contributed by atoms with E-state index in [1.807, 2.05) is 82.3 Å². The molecule has 0 radical (unpaired) electrons. The number of aryl methyl sites for hydroxylation is 1. The van der Waals surface area contributed by atoms with E-state index in [0.717, 1.165) is 38.9 Å². The van der Waals surface area contributed by atoms with Gasteiger partial charge in [0.15, 0.2) is 6.10 Å². The zero-order chi connectivity index (χ0) is 24.6. The van der Waals surface area contributed by atoms with Gasteiger partial charge in [-0.2, -0.15) is 0 Å². The molecule has 0 bridgehead atoms. The third kappa shape index (κ3) is 5.10. The lowest BCUT2D eigenvalue weighted by Gasteiger charge is -2.28. The summed E-state index contributed by atoms with van der Waals surface area (Å²) in [6.07, 6.45) is -1.15. The highest BCUT2D eigenvalue weighted by atomic mass is 35.5. The summed E-state index contributed by atoms with van der Waals surface area (Å²) < 4.78 is 6.05. The van der Waals surface area contributed by atoms with E-state index in [2.05, 4.69) is 0 Å². The van der Waals surface area contributed by atoms with Crippen molar-refractivity contribution in [2.45, 2.75) is 39.4 Å². The first-order valence-corrected chi connectivity index (χ1v) is 11.7. The lowest BCUT2D eigenvalue weighted by molar-refractivity contribution is -0.160. The van der Waals surface area contributed by atoms with Crippen molar-refractivity contribution in [3.8, 4) is 22.4 Å². The molecule has 0 fully saturated rings. The number of carboxylic acid groups (broad SMARTS) is 1. The molecule has 0 saturated heterocycles. The minimum Gasteiger partial charge on any atom is -0.479 e. The van der Waals surface area contributed by atoms with Crippen LogP contribution in [0.2, 0.25) is 10.0 Å². The Hall–Kier alpha value is -2.92. The molecule has 6 heteroatoms. The fourth-order valence-electron chi connectivity index (χ4n) is 4.05. The molecule has 1 atom stereocenters. The third-order valence-electron chi connectivity index (χ3n) is 5.47. The van der Waals surface area contributed by atoms with Crippen molar-refractivity contribution >= 4 is 40.1 Å².